The van der Waals surface area contributed by atoms with Crippen molar-refractivity contribution in [3.63, 3.8) is 0 Å². The topological polar surface area (TPSA) is 306 Å². The van der Waals surface area contributed by atoms with Gasteiger partial charge >= 0.3 is 16.5 Å². The predicted molar refractivity (Wildman–Crippen MR) is 206 cm³/mol. The molecule has 2 saturated carbocycles. The molecule has 2 aliphatic rings. The molecule has 0 radical (unpaired) electrons. The van der Waals surface area contributed by atoms with Crippen molar-refractivity contribution in [1.29, 1.82) is 10.5 Å². The Kier molecular flexibility index (Phi) is 17.4. The molecule has 2 aliphatic carbocycles. The molecule has 2 unspecified atom stereocenters. The second-order valence-electron chi connectivity index (χ2n) is 12.9. The largest absolute Gasteiger partial charge is 0.565 e. The number of aromatic nitrogens is 10. The Hall–Kier alpha value is -5.40. The minimum Gasteiger partial charge on any atom is -0.565 e. The van der Waals surface area contributed by atoms with Crippen LogP contribution in [0.1, 0.15) is 86.6 Å². The zero-order chi connectivity index (χ0) is 39.9. The first-order chi connectivity index (χ1) is 27.3. The summed E-state index contributed by atoms with van der Waals surface area (Å²) in [6.07, 6.45) is 25.4. The Morgan fingerprint density at radius 1 is 0.754 bits per heavy atom. The molecule has 57 heavy (non-hydrogen) atoms. The van der Waals surface area contributed by atoms with Crippen LogP contribution in [0.4, 0.5) is 0 Å². The van der Waals surface area contributed by atoms with E-state index in [1.807, 2.05) is 58.7 Å². The van der Waals surface area contributed by atoms with Crippen LogP contribution in [0.15, 0.2) is 62.0 Å². The van der Waals surface area contributed by atoms with E-state index >= 15 is 0 Å². The van der Waals surface area contributed by atoms with E-state index in [-0.39, 0.29) is 22.4 Å². The number of aromatic amines is 2. The third kappa shape index (κ3) is 11.8. The molecule has 2 fully saturated rings. The molecule has 0 spiro atoms. The highest BCUT2D eigenvalue weighted by molar-refractivity contribution is 7.30. The molecule has 6 heterocycles. The summed E-state index contributed by atoms with van der Waals surface area (Å²) in [7, 11) is -6.09. The molecule has 0 saturated heterocycles. The lowest BCUT2D eigenvalue weighted by atomic mass is 9.96. The summed E-state index contributed by atoms with van der Waals surface area (Å²) in [5.41, 5.74) is 5.35. The third-order valence-corrected chi connectivity index (χ3v) is 10.0. The van der Waals surface area contributed by atoms with E-state index in [0.29, 0.717) is 24.7 Å². The van der Waals surface area contributed by atoms with Gasteiger partial charge in [-0.3, -0.25) is 9.36 Å². The van der Waals surface area contributed by atoms with Crippen LogP contribution >= 0.6 is 16.5 Å². The van der Waals surface area contributed by atoms with Gasteiger partial charge in [0.2, 0.25) is 0 Å². The van der Waals surface area contributed by atoms with Crippen LogP contribution in [-0.2, 0) is 18.5 Å². The van der Waals surface area contributed by atoms with Gasteiger partial charge in [0.05, 0.1) is 60.8 Å². The van der Waals surface area contributed by atoms with Gasteiger partial charge in [-0.05, 0) is 58.8 Å². The van der Waals surface area contributed by atoms with Gasteiger partial charge < -0.3 is 19.8 Å². The van der Waals surface area contributed by atoms with E-state index in [2.05, 4.69) is 61.6 Å². The molecule has 0 aliphatic heterocycles. The highest BCUT2D eigenvalue weighted by atomic mass is 31.1. The van der Waals surface area contributed by atoms with E-state index in [1.54, 1.807) is 12.7 Å². The van der Waals surface area contributed by atoms with Crippen LogP contribution in [0.2, 0.25) is 0 Å². The first-order valence-electron chi connectivity index (χ1n) is 17.6. The van der Waals surface area contributed by atoms with E-state index in [0.717, 1.165) is 44.6 Å². The van der Waals surface area contributed by atoms with Gasteiger partial charge in [-0.15, -0.1) is 0 Å². The van der Waals surface area contributed by atoms with Crippen LogP contribution in [0.25, 0.3) is 44.6 Å². The highest BCUT2D eigenvalue weighted by Gasteiger charge is 2.28. The van der Waals surface area contributed by atoms with Crippen molar-refractivity contribution in [3.8, 4) is 34.7 Å². The fourth-order valence-electron chi connectivity index (χ4n) is 7.31. The molecular weight excluding hydrogens is 778 g/mol. The van der Waals surface area contributed by atoms with E-state index in [9.17, 15) is 10.5 Å². The minimum absolute atomic E-state index is 0. The summed E-state index contributed by atoms with van der Waals surface area (Å²) >= 11 is 0. The lowest BCUT2D eigenvalue weighted by molar-refractivity contribution is -0.245. The monoisotopic (exact) mass is 824 g/mol. The van der Waals surface area contributed by atoms with Crippen LogP contribution in [0.3, 0.4) is 0 Å². The number of nitrogens with zero attached hydrogens (tertiary/aromatic N) is 10. The number of H-pyrrole nitrogens is 2. The van der Waals surface area contributed by atoms with Gasteiger partial charge in [-0.1, -0.05) is 33.1 Å². The number of fused-ring (bicyclic) bond motifs is 2. The Bertz CT molecular complexity index is 2120. The smallest absolute Gasteiger partial charge is 0.521 e. The van der Waals surface area contributed by atoms with Gasteiger partial charge in [0.15, 0.2) is 0 Å². The molecule has 4 atom stereocenters. The van der Waals surface area contributed by atoms with Gasteiger partial charge in [-0.25, -0.2) is 30.5 Å². The maximum absolute atomic E-state index is 9.18. The predicted octanol–water partition coefficient (Wildman–Crippen LogP) is 7.05. The molecule has 0 aromatic carbocycles. The average Bonchev–Trinajstić information content (AvgIpc) is 4.07. The maximum Gasteiger partial charge on any atom is 0.521 e. The minimum atomic E-state index is -3.04. The van der Waals surface area contributed by atoms with Gasteiger partial charge in [-0.2, -0.15) is 20.7 Å². The average molecular weight is 825 g/mol. The first kappa shape index (κ1) is 44.3. The Balaban J connectivity index is 0.000000319. The molecule has 0 bridgehead atoms. The summed E-state index contributed by atoms with van der Waals surface area (Å²) in [6.45, 7) is 0. The van der Waals surface area contributed by atoms with Gasteiger partial charge in [0, 0.05) is 58.9 Å². The Morgan fingerprint density at radius 3 is 1.46 bits per heavy atom. The fourth-order valence-corrected chi connectivity index (χ4v) is 7.31. The summed E-state index contributed by atoms with van der Waals surface area (Å²) in [5, 5.41) is 43.5. The molecule has 6 aromatic heterocycles. The lowest BCUT2D eigenvalue weighted by Crippen LogP contribution is -2.17. The number of hydrogen-bond acceptors (Lipinski definition) is 16. The van der Waals surface area contributed by atoms with Crippen molar-refractivity contribution in [3.05, 3.63) is 62.0 Å². The van der Waals surface area contributed by atoms with E-state index < -0.39 is 16.5 Å². The molecule has 4 N–H and O–H groups in total. The van der Waals surface area contributed by atoms with Gasteiger partial charge in [0.25, 0.3) is 0 Å². The summed E-state index contributed by atoms with van der Waals surface area (Å²) in [6, 6.07) is 8.94. The first-order valence-corrected chi connectivity index (χ1v) is 19.8. The molecule has 304 valence electrons. The SMILES string of the molecule is C.N#CC[C@H](C1CCCC1)n1cc(-c2ncnc3[nH]ccc23)cn1.N#CC[C@H](C1CCCC1)n1cc(-c2ncnc3[nH]ccc23)cn1.O=[P+]([O-])OO.O=[P+]([O-])OO.[HH].[HH]. The van der Waals surface area contributed by atoms with Crippen molar-refractivity contribution < 1.29 is 41.6 Å². The fraction of sp³-hybridized carbons (Fsp3) is 0.429. The molecule has 8 rings (SSSR count). The quantitative estimate of drug-likeness (QED) is 0.0611. The lowest BCUT2D eigenvalue weighted by Gasteiger charge is -2.21. The molecular formula is C35H46N12O8P2. The van der Waals surface area contributed by atoms with E-state index in [4.69, 9.17) is 29.4 Å². The number of hydrogen-bond donors (Lipinski definition) is 4. The Labute approximate surface area is 331 Å². The molecule has 20 nitrogen and oxygen atoms in total. The van der Waals surface area contributed by atoms with Crippen LogP contribution in [0, 0.1) is 34.5 Å². The standard InChI is InChI=1S/2C17H18N6.CH4.2HO4P.2H2/c2*18-7-5-15(12-3-1-2-4-12)23-10-13(9-22-23)16-14-6-8-19-17(14)21-11-20-16;;2*1-4-5(2)3;;/h2*6,8-12,15H,1-5H2,(H,19,20,21);1H4;2*1H;2*1H/t2*15-;;;;;/m11...../s1. The second-order valence-corrected chi connectivity index (χ2v) is 14.1. The summed E-state index contributed by atoms with van der Waals surface area (Å²) in [4.78, 5) is 41.4. The highest BCUT2D eigenvalue weighted by Crippen LogP contribution is 2.38. The molecule has 0 amide bonds. The number of rotatable bonds is 10. The maximum atomic E-state index is 9.18. The van der Waals surface area contributed by atoms with Crippen molar-refractivity contribution in [1.82, 2.24) is 49.5 Å². The van der Waals surface area contributed by atoms with Crippen molar-refractivity contribution in [2.24, 2.45) is 11.8 Å². The van der Waals surface area contributed by atoms with Gasteiger partial charge in [0.1, 0.15) is 23.9 Å². The van der Waals surface area contributed by atoms with Crippen molar-refractivity contribution >= 4 is 38.6 Å². The normalized spacial score (nSPS) is 15.4. The van der Waals surface area contributed by atoms with Crippen LogP contribution in [0.5, 0.6) is 0 Å². The van der Waals surface area contributed by atoms with Crippen LogP contribution in [-0.4, -0.2) is 60.0 Å². The summed E-state index contributed by atoms with van der Waals surface area (Å²) in [5.74, 6) is 1.11. The van der Waals surface area contributed by atoms with Crippen molar-refractivity contribution in [2.75, 3.05) is 0 Å². The molecule has 22 heteroatoms. The number of nitriles is 2. The third-order valence-electron chi connectivity index (χ3n) is 9.76. The zero-order valence-electron chi connectivity index (χ0n) is 29.9. The number of nitrogens with one attached hydrogen (secondary N) is 2. The van der Waals surface area contributed by atoms with E-state index in [1.165, 1.54) is 51.4 Å². The van der Waals surface area contributed by atoms with Crippen molar-refractivity contribution in [2.45, 2.75) is 83.7 Å². The van der Waals surface area contributed by atoms with Crippen LogP contribution < -0.4 is 9.79 Å². The second kappa shape index (κ2) is 22.4. The zero-order valence-corrected chi connectivity index (χ0v) is 31.7. The summed E-state index contributed by atoms with van der Waals surface area (Å²) < 4.78 is 27.2. The molecule has 6 aromatic rings. The Morgan fingerprint density at radius 2 is 1.12 bits per heavy atom.